The van der Waals surface area contributed by atoms with Crippen LogP contribution in [0, 0.1) is 0 Å². The highest BCUT2D eigenvalue weighted by molar-refractivity contribution is 6.74. The van der Waals surface area contributed by atoms with Gasteiger partial charge in [-0.25, -0.2) is 14.4 Å². The fourth-order valence-corrected chi connectivity index (χ4v) is 6.36. The number of carbonyl (C=O) groups is 5. The molecule has 1 aliphatic rings. The molecule has 3 amide bonds. The zero-order valence-electron chi connectivity index (χ0n) is 33.4. The van der Waals surface area contributed by atoms with E-state index in [-0.39, 0.29) is 66.6 Å². The third-order valence-corrected chi connectivity index (χ3v) is 14.0. The molecular formula is C40H55N3O12Si. The van der Waals surface area contributed by atoms with Gasteiger partial charge in [-0.1, -0.05) is 58.2 Å². The zero-order valence-corrected chi connectivity index (χ0v) is 34.4. The number of carbonyl (C=O) groups excluding carboxylic acids is 5. The fraction of sp³-hybridized carbons (Fsp3) is 0.475. The minimum Gasteiger partial charge on any atom is -0.493 e. The van der Waals surface area contributed by atoms with E-state index in [0.717, 1.165) is 12.8 Å². The molecule has 3 rings (SSSR count). The number of rotatable bonds is 19. The number of esters is 2. The SMILES string of the molecule is C=CCOC(=O)CC[C@H](NC(=O)Oc1ccc(COC(=O)Nc2cc(OC)c(OC)cc2C(=O)N2CCC[C@H]2CO[Si](C)(C)C(C)(C)C)cc1)C(=O)OCC=C. The highest BCUT2D eigenvalue weighted by Gasteiger charge is 2.39. The van der Waals surface area contributed by atoms with Gasteiger partial charge in [-0.2, -0.15) is 0 Å². The first-order chi connectivity index (χ1) is 26.5. The Balaban J connectivity index is 1.65. The lowest BCUT2D eigenvalue weighted by molar-refractivity contribution is -0.146. The van der Waals surface area contributed by atoms with Gasteiger partial charge in [0, 0.05) is 19.0 Å². The van der Waals surface area contributed by atoms with E-state index in [1.54, 1.807) is 23.1 Å². The van der Waals surface area contributed by atoms with Gasteiger partial charge < -0.3 is 43.1 Å². The van der Waals surface area contributed by atoms with Crippen LogP contribution in [0.25, 0.3) is 0 Å². The van der Waals surface area contributed by atoms with E-state index in [1.165, 1.54) is 44.6 Å². The zero-order chi connectivity index (χ0) is 41.5. The van der Waals surface area contributed by atoms with E-state index in [4.69, 9.17) is 32.8 Å². The molecule has 1 fully saturated rings. The molecule has 16 heteroatoms. The second-order valence-electron chi connectivity index (χ2n) is 14.5. The lowest BCUT2D eigenvalue weighted by atomic mass is 10.1. The highest BCUT2D eigenvalue weighted by Crippen LogP contribution is 2.38. The maximum atomic E-state index is 14.1. The number of methoxy groups -OCH3 is 2. The molecule has 0 unspecified atom stereocenters. The van der Waals surface area contributed by atoms with Gasteiger partial charge in [0.25, 0.3) is 5.91 Å². The summed E-state index contributed by atoms with van der Waals surface area (Å²) in [5.41, 5.74) is 0.952. The quantitative estimate of drug-likeness (QED) is 0.0661. The molecule has 0 bridgehead atoms. The van der Waals surface area contributed by atoms with Crippen molar-refractivity contribution in [2.45, 2.75) is 83.3 Å². The summed E-state index contributed by atoms with van der Waals surface area (Å²) in [4.78, 5) is 66.0. The smallest absolute Gasteiger partial charge is 0.413 e. The molecule has 0 aromatic heterocycles. The Morgan fingerprint density at radius 2 is 1.57 bits per heavy atom. The van der Waals surface area contributed by atoms with Crippen LogP contribution in [-0.4, -0.2) is 95.9 Å². The number of hydrogen-bond donors (Lipinski definition) is 2. The van der Waals surface area contributed by atoms with Gasteiger partial charge in [0.15, 0.2) is 19.8 Å². The number of ether oxygens (including phenoxy) is 6. The fourth-order valence-electron chi connectivity index (χ4n) is 5.32. The molecular weight excluding hydrogens is 743 g/mol. The van der Waals surface area contributed by atoms with Gasteiger partial charge in [-0.3, -0.25) is 14.9 Å². The van der Waals surface area contributed by atoms with Crippen molar-refractivity contribution < 1.29 is 56.8 Å². The lowest BCUT2D eigenvalue weighted by Gasteiger charge is -2.38. The molecule has 306 valence electrons. The summed E-state index contributed by atoms with van der Waals surface area (Å²) >= 11 is 0. The van der Waals surface area contributed by atoms with Crippen molar-refractivity contribution in [2.24, 2.45) is 0 Å². The monoisotopic (exact) mass is 797 g/mol. The van der Waals surface area contributed by atoms with E-state index in [2.05, 4.69) is 57.7 Å². The molecule has 0 saturated carbocycles. The van der Waals surface area contributed by atoms with Crippen molar-refractivity contribution in [3.63, 3.8) is 0 Å². The van der Waals surface area contributed by atoms with Crippen molar-refractivity contribution >= 4 is 44.0 Å². The van der Waals surface area contributed by atoms with Crippen molar-refractivity contribution in [2.75, 3.05) is 45.9 Å². The average molecular weight is 798 g/mol. The van der Waals surface area contributed by atoms with Crippen molar-refractivity contribution in [3.05, 3.63) is 72.8 Å². The molecule has 2 aromatic carbocycles. The summed E-state index contributed by atoms with van der Waals surface area (Å²) in [6, 6.07) is 7.84. The van der Waals surface area contributed by atoms with Gasteiger partial charge in [0.2, 0.25) is 0 Å². The van der Waals surface area contributed by atoms with Crippen LogP contribution < -0.4 is 24.8 Å². The standard InChI is InChI=1S/C40H55N3O12Si/c1-10-21-51-35(44)19-18-31(37(46)52-22-11-2)41-39(48)55-29-16-14-27(15-17-29)25-53-38(47)42-32-24-34(50-7)33(49-6)23-30(32)36(45)43-20-12-13-28(43)26-54-56(8,9)40(3,4)5/h10-11,14-17,23-24,28,31H,1-2,12-13,18-22,25-26H2,3-9H3,(H,41,48)(H,42,47)/t28-,31-/m0/s1. The highest BCUT2D eigenvalue weighted by atomic mass is 28.4. The molecule has 1 aliphatic heterocycles. The minimum atomic E-state index is -2.05. The van der Waals surface area contributed by atoms with Crippen LogP contribution in [0.2, 0.25) is 18.1 Å². The number of anilines is 1. The molecule has 15 nitrogen and oxygen atoms in total. The van der Waals surface area contributed by atoms with Crippen LogP contribution in [0.3, 0.4) is 0 Å². The largest absolute Gasteiger partial charge is 0.493 e. The summed E-state index contributed by atoms with van der Waals surface area (Å²) in [5, 5.41) is 5.11. The molecule has 0 radical (unpaired) electrons. The predicted molar refractivity (Wildman–Crippen MR) is 211 cm³/mol. The Kier molecular flexibility index (Phi) is 17.0. The van der Waals surface area contributed by atoms with E-state index in [0.29, 0.717) is 30.2 Å². The Labute approximate surface area is 329 Å². The molecule has 0 spiro atoms. The number of nitrogens with one attached hydrogen (secondary N) is 2. The second kappa shape index (κ2) is 21.1. The Morgan fingerprint density at radius 3 is 2.20 bits per heavy atom. The van der Waals surface area contributed by atoms with E-state index in [1.807, 2.05) is 0 Å². The van der Waals surface area contributed by atoms with E-state index >= 15 is 0 Å². The maximum Gasteiger partial charge on any atom is 0.413 e. The van der Waals surface area contributed by atoms with E-state index in [9.17, 15) is 24.0 Å². The predicted octanol–water partition coefficient (Wildman–Crippen LogP) is 6.77. The molecule has 0 aliphatic carbocycles. The normalized spacial score (nSPS) is 14.5. The van der Waals surface area contributed by atoms with E-state index < -0.39 is 38.5 Å². The molecule has 1 saturated heterocycles. The number of nitrogens with zero attached hydrogens (tertiary/aromatic N) is 1. The molecule has 2 aromatic rings. The minimum absolute atomic E-state index is 0.0131. The lowest BCUT2D eigenvalue weighted by Crippen LogP contribution is -2.46. The van der Waals surface area contributed by atoms with Crippen LogP contribution in [0.4, 0.5) is 15.3 Å². The Hall–Kier alpha value is -5.35. The van der Waals surface area contributed by atoms with Gasteiger partial charge >= 0.3 is 24.1 Å². The summed E-state index contributed by atoms with van der Waals surface area (Å²) in [6.07, 6.45) is 2.35. The first-order valence-corrected chi connectivity index (χ1v) is 21.2. The topological polar surface area (TPSA) is 177 Å². The van der Waals surface area contributed by atoms with Crippen molar-refractivity contribution in [1.29, 1.82) is 0 Å². The Bertz CT molecular complexity index is 1710. The van der Waals surface area contributed by atoms with Crippen LogP contribution in [0.15, 0.2) is 61.7 Å². The number of likely N-dealkylation sites (tertiary alicyclic amines) is 1. The number of amides is 3. The maximum absolute atomic E-state index is 14.1. The van der Waals surface area contributed by atoms with Crippen LogP contribution in [0.1, 0.15) is 62.4 Å². The second-order valence-corrected chi connectivity index (χ2v) is 19.3. The Morgan fingerprint density at radius 1 is 0.929 bits per heavy atom. The van der Waals surface area contributed by atoms with Gasteiger partial charge in [0.05, 0.1) is 38.1 Å². The summed E-state index contributed by atoms with van der Waals surface area (Å²) in [7, 11) is 0.865. The summed E-state index contributed by atoms with van der Waals surface area (Å²) in [6.45, 7) is 18.6. The van der Waals surface area contributed by atoms with Crippen molar-refractivity contribution in [1.82, 2.24) is 10.2 Å². The molecule has 2 atom stereocenters. The van der Waals surface area contributed by atoms with Gasteiger partial charge in [-0.15, -0.1) is 0 Å². The third kappa shape index (κ3) is 13.1. The summed E-state index contributed by atoms with van der Waals surface area (Å²) in [5.74, 6) is -0.878. The first-order valence-electron chi connectivity index (χ1n) is 18.3. The first kappa shape index (κ1) is 45.0. The molecule has 1 heterocycles. The van der Waals surface area contributed by atoms with Crippen LogP contribution in [-0.2, 0) is 34.8 Å². The number of benzene rings is 2. The summed E-state index contributed by atoms with van der Waals surface area (Å²) < 4.78 is 38.2. The molecule has 2 N–H and O–H groups in total. The van der Waals surface area contributed by atoms with Crippen molar-refractivity contribution in [3.8, 4) is 17.2 Å². The van der Waals surface area contributed by atoms with Gasteiger partial charge in [-0.05, 0) is 61.2 Å². The number of hydrogen-bond acceptors (Lipinski definition) is 12. The van der Waals surface area contributed by atoms with Crippen LogP contribution >= 0.6 is 0 Å². The van der Waals surface area contributed by atoms with Crippen LogP contribution in [0.5, 0.6) is 17.2 Å². The average Bonchev–Trinajstić information content (AvgIpc) is 3.64. The molecule has 56 heavy (non-hydrogen) atoms. The third-order valence-electron chi connectivity index (χ3n) is 9.49. The van der Waals surface area contributed by atoms with Gasteiger partial charge in [0.1, 0.15) is 31.6 Å².